The first kappa shape index (κ1) is 17.6. The van der Waals surface area contributed by atoms with Crippen molar-refractivity contribution in [1.29, 1.82) is 0 Å². The summed E-state index contributed by atoms with van der Waals surface area (Å²) in [6.45, 7) is 2.10. The summed E-state index contributed by atoms with van der Waals surface area (Å²) < 4.78 is 2.52. The molecular weight excluding hydrogens is 418 g/mol. The molecule has 1 saturated heterocycles. The largest absolute Gasteiger partial charge is 0.506 e. The van der Waals surface area contributed by atoms with Crippen molar-refractivity contribution < 1.29 is 5.11 Å². The number of fused-ring (bicyclic) bond motifs is 2. The molecular formula is C21H20BrN5O. The molecule has 0 unspecified atom stereocenters. The second-order valence-electron chi connectivity index (χ2n) is 7.34. The third kappa shape index (κ3) is 2.95. The predicted octanol–water partition coefficient (Wildman–Crippen LogP) is 4.12. The highest BCUT2D eigenvalue weighted by Crippen LogP contribution is 2.39. The van der Waals surface area contributed by atoms with Crippen LogP contribution in [-0.4, -0.2) is 37.9 Å². The van der Waals surface area contributed by atoms with Crippen LogP contribution in [0.15, 0.2) is 41.1 Å². The highest BCUT2D eigenvalue weighted by molar-refractivity contribution is 9.10. The lowest BCUT2D eigenvalue weighted by atomic mass is 9.94. The van der Waals surface area contributed by atoms with Crippen LogP contribution in [0.5, 0.6) is 5.75 Å². The van der Waals surface area contributed by atoms with E-state index in [1.807, 2.05) is 25.4 Å². The molecule has 3 aromatic heterocycles. The third-order valence-electron chi connectivity index (χ3n) is 5.47. The number of phenolic OH excluding ortho intramolecular Hbond substituents is 1. The van der Waals surface area contributed by atoms with Crippen LogP contribution < -0.4 is 5.32 Å². The van der Waals surface area contributed by atoms with Crippen molar-refractivity contribution in [2.24, 2.45) is 7.05 Å². The fraction of sp³-hybridized carbons (Fsp3) is 0.286. The maximum absolute atomic E-state index is 10.8. The Morgan fingerprint density at radius 2 is 2.04 bits per heavy atom. The number of hydrogen-bond donors (Lipinski definition) is 2. The zero-order valence-electron chi connectivity index (χ0n) is 15.5. The molecule has 142 valence electrons. The van der Waals surface area contributed by atoms with E-state index in [1.54, 1.807) is 10.9 Å². The van der Waals surface area contributed by atoms with Crippen LogP contribution in [0.4, 0.5) is 0 Å². The van der Waals surface area contributed by atoms with E-state index in [1.165, 1.54) is 0 Å². The van der Waals surface area contributed by atoms with Gasteiger partial charge in [0.15, 0.2) is 0 Å². The zero-order valence-corrected chi connectivity index (χ0v) is 17.1. The van der Waals surface area contributed by atoms with E-state index in [0.717, 1.165) is 52.5 Å². The molecule has 0 aliphatic carbocycles. The molecule has 0 atom stereocenters. The summed E-state index contributed by atoms with van der Waals surface area (Å²) in [6, 6.07) is 8.09. The average Bonchev–Trinajstić information content (AvgIpc) is 3.13. The van der Waals surface area contributed by atoms with Gasteiger partial charge < -0.3 is 10.4 Å². The van der Waals surface area contributed by atoms with Crippen molar-refractivity contribution in [3.8, 4) is 17.0 Å². The summed E-state index contributed by atoms with van der Waals surface area (Å²) in [5.41, 5.74) is 4.16. The van der Waals surface area contributed by atoms with Crippen LogP contribution in [0.2, 0.25) is 0 Å². The number of phenols is 1. The molecule has 4 aromatic rings. The van der Waals surface area contributed by atoms with Crippen molar-refractivity contribution in [3.05, 3.63) is 46.8 Å². The Hall–Kier alpha value is -2.51. The van der Waals surface area contributed by atoms with Crippen molar-refractivity contribution in [2.45, 2.75) is 18.8 Å². The Morgan fingerprint density at radius 3 is 2.86 bits per heavy atom. The maximum Gasteiger partial charge on any atom is 0.136 e. The lowest BCUT2D eigenvalue weighted by molar-refractivity contribution is 0.454. The quantitative estimate of drug-likeness (QED) is 0.493. The minimum Gasteiger partial charge on any atom is -0.506 e. The molecule has 28 heavy (non-hydrogen) atoms. The Balaban J connectivity index is 1.58. The van der Waals surface area contributed by atoms with Crippen molar-refractivity contribution in [1.82, 2.24) is 25.1 Å². The average molecular weight is 438 g/mol. The summed E-state index contributed by atoms with van der Waals surface area (Å²) in [7, 11) is 1.84. The molecule has 0 bridgehead atoms. The van der Waals surface area contributed by atoms with Gasteiger partial charge >= 0.3 is 0 Å². The van der Waals surface area contributed by atoms with E-state index in [0.29, 0.717) is 22.6 Å². The Bertz CT molecular complexity index is 1200. The van der Waals surface area contributed by atoms with E-state index < -0.39 is 0 Å². The first-order valence-corrected chi connectivity index (χ1v) is 10.2. The lowest BCUT2D eigenvalue weighted by Gasteiger charge is -2.22. The van der Waals surface area contributed by atoms with Gasteiger partial charge in [0.2, 0.25) is 0 Å². The molecule has 1 aliphatic heterocycles. The van der Waals surface area contributed by atoms with Crippen LogP contribution in [0, 0.1) is 0 Å². The van der Waals surface area contributed by atoms with Gasteiger partial charge in [-0.15, -0.1) is 0 Å². The van der Waals surface area contributed by atoms with Crippen molar-refractivity contribution in [2.75, 3.05) is 13.1 Å². The van der Waals surface area contributed by atoms with Gasteiger partial charge in [-0.25, -0.2) is 0 Å². The summed E-state index contributed by atoms with van der Waals surface area (Å²) in [5.74, 6) is 0.704. The number of hydrogen-bond acceptors (Lipinski definition) is 5. The van der Waals surface area contributed by atoms with Crippen molar-refractivity contribution in [3.63, 3.8) is 0 Å². The minimum atomic E-state index is 0.192. The van der Waals surface area contributed by atoms with E-state index >= 15 is 0 Å². The van der Waals surface area contributed by atoms with Gasteiger partial charge in [-0.05, 0) is 60.1 Å². The first-order chi connectivity index (χ1) is 13.6. The first-order valence-electron chi connectivity index (χ1n) is 9.43. The molecule has 0 saturated carbocycles. The number of benzene rings is 1. The molecule has 1 aromatic carbocycles. The van der Waals surface area contributed by atoms with Gasteiger partial charge in [-0.3, -0.25) is 14.6 Å². The van der Waals surface area contributed by atoms with Gasteiger partial charge in [0.25, 0.3) is 0 Å². The fourth-order valence-electron chi connectivity index (χ4n) is 3.98. The maximum atomic E-state index is 10.8. The molecule has 2 N–H and O–H groups in total. The topological polar surface area (TPSA) is 75.9 Å². The van der Waals surface area contributed by atoms with Crippen LogP contribution in [-0.2, 0) is 7.05 Å². The number of rotatable bonds is 2. The summed E-state index contributed by atoms with van der Waals surface area (Å²) in [5, 5.41) is 20.3. The van der Waals surface area contributed by atoms with Gasteiger partial charge in [-0.1, -0.05) is 6.07 Å². The number of aromatic hydroxyl groups is 1. The molecule has 0 spiro atoms. The summed E-state index contributed by atoms with van der Waals surface area (Å²) in [4.78, 5) is 9.45. The standard InChI is InChI=1S/C21H20BrN5O/c1-27-11-15-20(26-27)16(22)9-14(21(15)28)18-8-13-2-3-17(25-19(13)10-24-18)12-4-6-23-7-5-12/h2-3,8-12,23,28H,4-7H2,1H3. The second-order valence-corrected chi connectivity index (χ2v) is 8.20. The normalized spacial score (nSPS) is 15.5. The smallest absolute Gasteiger partial charge is 0.136 e. The zero-order chi connectivity index (χ0) is 19.3. The summed E-state index contributed by atoms with van der Waals surface area (Å²) >= 11 is 3.56. The molecule has 6 nitrogen and oxygen atoms in total. The number of aromatic nitrogens is 4. The minimum absolute atomic E-state index is 0.192. The van der Waals surface area contributed by atoms with E-state index in [4.69, 9.17) is 4.98 Å². The SMILES string of the molecule is Cn1cc2c(O)c(-c3cc4ccc(C5CCNCC5)nc4cn3)cc(Br)c2n1. The van der Waals surface area contributed by atoms with Crippen LogP contribution in [0.1, 0.15) is 24.5 Å². The van der Waals surface area contributed by atoms with Crippen LogP contribution >= 0.6 is 15.9 Å². The summed E-state index contributed by atoms with van der Waals surface area (Å²) in [6.07, 6.45) is 5.86. The van der Waals surface area contributed by atoms with Crippen LogP contribution in [0.25, 0.3) is 33.1 Å². The van der Waals surface area contributed by atoms with Gasteiger partial charge in [0, 0.05) is 40.3 Å². The predicted molar refractivity (Wildman–Crippen MR) is 113 cm³/mol. The molecule has 4 heterocycles. The van der Waals surface area contributed by atoms with Crippen LogP contribution in [0.3, 0.4) is 0 Å². The molecule has 5 rings (SSSR count). The molecule has 0 amide bonds. The fourth-order valence-corrected chi connectivity index (χ4v) is 4.50. The number of nitrogens with one attached hydrogen (secondary N) is 1. The molecule has 1 aliphatic rings. The Morgan fingerprint density at radius 1 is 1.21 bits per heavy atom. The van der Waals surface area contributed by atoms with Gasteiger partial charge in [0.05, 0.1) is 22.8 Å². The highest BCUT2D eigenvalue weighted by atomic mass is 79.9. The van der Waals surface area contributed by atoms with Gasteiger partial charge in [0.1, 0.15) is 11.3 Å². The Labute approximate surface area is 170 Å². The monoisotopic (exact) mass is 437 g/mol. The van der Waals surface area contributed by atoms with Gasteiger partial charge in [-0.2, -0.15) is 5.10 Å². The van der Waals surface area contributed by atoms with Crippen molar-refractivity contribution >= 4 is 37.7 Å². The number of nitrogens with zero attached hydrogens (tertiary/aromatic N) is 4. The number of pyridine rings is 2. The number of piperidine rings is 1. The number of halogens is 1. The molecule has 0 radical (unpaired) electrons. The molecule has 7 heteroatoms. The Kier molecular flexibility index (Phi) is 4.29. The van der Waals surface area contributed by atoms with E-state index in [2.05, 4.69) is 43.5 Å². The highest BCUT2D eigenvalue weighted by Gasteiger charge is 2.18. The van der Waals surface area contributed by atoms with E-state index in [-0.39, 0.29) is 5.75 Å². The lowest BCUT2D eigenvalue weighted by Crippen LogP contribution is -2.27. The third-order valence-corrected chi connectivity index (χ3v) is 6.07. The van der Waals surface area contributed by atoms with E-state index in [9.17, 15) is 5.11 Å². The molecule has 1 fully saturated rings. The number of aryl methyl sites for hydroxylation is 1. The second kappa shape index (κ2) is 6.83.